The monoisotopic (exact) mass is 742 g/mol. The third-order valence-corrected chi connectivity index (χ3v) is 10.8. The predicted octanol–water partition coefficient (Wildman–Crippen LogP) is 13.8. The van der Waals surface area contributed by atoms with E-state index < -0.39 is 0 Å². The molecule has 7 aromatic carbocycles. The summed E-state index contributed by atoms with van der Waals surface area (Å²) < 4.78 is 0. The van der Waals surface area contributed by atoms with Gasteiger partial charge in [-0.2, -0.15) is 0 Å². The molecule has 1 aliphatic rings. The van der Waals surface area contributed by atoms with Crippen LogP contribution in [0.25, 0.3) is 95.1 Å². The molecule has 0 amide bonds. The second kappa shape index (κ2) is 15.5. The Morgan fingerprint density at radius 2 is 0.897 bits per heavy atom. The molecule has 274 valence electrons. The molecule has 0 spiro atoms. The molecule has 9 aromatic rings. The summed E-state index contributed by atoms with van der Waals surface area (Å²) in [6.07, 6.45) is 10.9. The van der Waals surface area contributed by atoms with Gasteiger partial charge in [0.05, 0.1) is 5.52 Å². The summed E-state index contributed by atoms with van der Waals surface area (Å²) >= 11 is 0. The van der Waals surface area contributed by atoms with Crippen LogP contribution in [-0.2, 0) is 0 Å². The molecule has 4 heteroatoms. The number of fused-ring (bicyclic) bond motifs is 1. The van der Waals surface area contributed by atoms with Crippen molar-refractivity contribution in [1.82, 2.24) is 19.9 Å². The van der Waals surface area contributed by atoms with E-state index in [9.17, 15) is 0 Å². The maximum Gasteiger partial charge on any atom is 0.164 e. The largest absolute Gasteiger partial charge is 0.256 e. The first-order chi connectivity index (χ1) is 28.8. The van der Waals surface area contributed by atoms with Gasteiger partial charge in [0.15, 0.2) is 17.5 Å². The number of allylic oxidation sites excluding steroid dienone is 4. The zero-order valence-electron chi connectivity index (χ0n) is 31.8. The molecule has 0 saturated carbocycles. The molecule has 0 fully saturated rings. The average Bonchev–Trinajstić information content (AvgIpc) is 3.32. The van der Waals surface area contributed by atoms with Crippen LogP contribution in [0.15, 0.2) is 206 Å². The molecule has 58 heavy (non-hydrogen) atoms. The Hall–Kier alpha value is -7.56. The quantitative estimate of drug-likeness (QED) is 0.156. The molecule has 10 rings (SSSR count). The van der Waals surface area contributed by atoms with Crippen LogP contribution < -0.4 is 0 Å². The van der Waals surface area contributed by atoms with Crippen molar-refractivity contribution in [3.8, 4) is 78.7 Å². The summed E-state index contributed by atoms with van der Waals surface area (Å²) in [6.45, 7) is 0. The van der Waals surface area contributed by atoms with Gasteiger partial charge in [-0.1, -0.05) is 164 Å². The molecule has 0 bridgehead atoms. The van der Waals surface area contributed by atoms with Crippen LogP contribution >= 0.6 is 0 Å². The first kappa shape index (κ1) is 34.9. The molecule has 0 radical (unpaired) electrons. The number of hydrogen-bond donors (Lipinski definition) is 0. The number of pyridine rings is 1. The van der Waals surface area contributed by atoms with Crippen molar-refractivity contribution in [2.24, 2.45) is 0 Å². The van der Waals surface area contributed by atoms with Crippen molar-refractivity contribution >= 4 is 16.5 Å². The highest BCUT2D eigenvalue weighted by molar-refractivity contribution is 6.06. The Kier molecular flexibility index (Phi) is 9.34. The van der Waals surface area contributed by atoms with E-state index in [1.165, 1.54) is 39.0 Å². The summed E-state index contributed by atoms with van der Waals surface area (Å²) in [7, 11) is 0. The fourth-order valence-electron chi connectivity index (χ4n) is 8.04. The van der Waals surface area contributed by atoms with Crippen LogP contribution in [0.3, 0.4) is 0 Å². The lowest BCUT2D eigenvalue weighted by molar-refractivity contribution is 1.04. The lowest BCUT2D eigenvalue weighted by Crippen LogP contribution is -2.02. The van der Waals surface area contributed by atoms with Crippen molar-refractivity contribution in [2.45, 2.75) is 12.8 Å². The van der Waals surface area contributed by atoms with Crippen LogP contribution in [0.4, 0.5) is 0 Å². The van der Waals surface area contributed by atoms with Crippen molar-refractivity contribution in [3.63, 3.8) is 0 Å². The highest BCUT2D eigenvalue weighted by Crippen LogP contribution is 2.49. The number of nitrogens with zero attached hydrogens (tertiary/aromatic N) is 4. The van der Waals surface area contributed by atoms with E-state index in [-0.39, 0.29) is 0 Å². The first-order valence-corrected chi connectivity index (χ1v) is 19.8. The molecule has 0 unspecified atom stereocenters. The standard InChI is InChI=1S/C54H38N4/c1-6-18-37(19-7-1)46-36-47(50(39-22-10-3-11-23-39)51(40-24-12-4-13-25-40)49(46)38-20-8-2-9-21-38)42-28-16-29-44(34-42)53-56-52(41-26-14-5-15-27-41)57-54(58-53)45-31-32-48-43(35-45)30-17-33-55-48/h1-3,5-12,14-36H,4,13H2. The van der Waals surface area contributed by atoms with Crippen molar-refractivity contribution in [3.05, 3.63) is 212 Å². The Morgan fingerprint density at radius 1 is 0.362 bits per heavy atom. The lowest BCUT2D eigenvalue weighted by Gasteiger charge is -2.25. The minimum atomic E-state index is 0.612. The van der Waals surface area contributed by atoms with Gasteiger partial charge in [-0.25, -0.2) is 15.0 Å². The summed E-state index contributed by atoms with van der Waals surface area (Å²) in [5, 5.41) is 1.03. The van der Waals surface area contributed by atoms with Crippen molar-refractivity contribution in [2.75, 3.05) is 0 Å². The van der Waals surface area contributed by atoms with Gasteiger partial charge < -0.3 is 0 Å². The van der Waals surface area contributed by atoms with E-state index in [4.69, 9.17) is 15.0 Å². The number of hydrogen-bond acceptors (Lipinski definition) is 4. The van der Waals surface area contributed by atoms with Gasteiger partial charge in [-0.3, -0.25) is 4.98 Å². The van der Waals surface area contributed by atoms with E-state index in [2.05, 4.69) is 157 Å². The zero-order valence-corrected chi connectivity index (χ0v) is 31.8. The smallest absolute Gasteiger partial charge is 0.164 e. The van der Waals surface area contributed by atoms with Gasteiger partial charge in [-0.05, 0) is 105 Å². The molecule has 2 heterocycles. The fourth-order valence-corrected chi connectivity index (χ4v) is 8.04. The molecule has 0 saturated heterocycles. The van der Waals surface area contributed by atoms with Crippen LogP contribution in [0.2, 0.25) is 0 Å². The molecule has 2 aromatic heterocycles. The summed E-state index contributed by atoms with van der Waals surface area (Å²) in [6, 6.07) is 63.9. The summed E-state index contributed by atoms with van der Waals surface area (Å²) in [4.78, 5) is 19.9. The minimum absolute atomic E-state index is 0.612. The molecular formula is C54H38N4. The van der Waals surface area contributed by atoms with Crippen molar-refractivity contribution in [1.29, 1.82) is 0 Å². The maximum atomic E-state index is 5.17. The van der Waals surface area contributed by atoms with Gasteiger partial charge in [-0.15, -0.1) is 0 Å². The Labute approximate surface area is 338 Å². The molecule has 0 atom stereocenters. The van der Waals surface area contributed by atoms with E-state index in [0.29, 0.717) is 17.5 Å². The highest BCUT2D eigenvalue weighted by atomic mass is 15.0. The lowest BCUT2D eigenvalue weighted by atomic mass is 9.78. The van der Waals surface area contributed by atoms with Gasteiger partial charge in [0.2, 0.25) is 0 Å². The second-order valence-electron chi connectivity index (χ2n) is 14.5. The minimum Gasteiger partial charge on any atom is -0.256 e. The Bertz CT molecular complexity index is 2970. The maximum absolute atomic E-state index is 5.17. The molecule has 1 aliphatic carbocycles. The Morgan fingerprint density at radius 3 is 1.52 bits per heavy atom. The van der Waals surface area contributed by atoms with Gasteiger partial charge >= 0.3 is 0 Å². The second-order valence-corrected chi connectivity index (χ2v) is 14.5. The summed E-state index contributed by atoms with van der Waals surface area (Å²) in [5.74, 6) is 1.85. The van der Waals surface area contributed by atoms with Crippen LogP contribution in [0, 0.1) is 0 Å². The van der Waals surface area contributed by atoms with Crippen LogP contribution in [0.5, 0.6) is 0 Å². The third-order valence-electron chi connectivity index (χ3n) is 10.8. The highest BCUT2D eigenvalue weighted by Gasteiger charge is 2.25. The van der Waals surface area contributed by atoms with E-state index >= 15 is 0 Å². The predicted molar refractivity (Wildman–Crippen MR) is 240 cm³/mol. The van der Waals surface area contributed by atoms with Crippen LogP contribution in [-0.4, -0.2) is 19.9 Å². The first-order valence-electron chi connectivity index (χ1n) is 19.8. The van der Waals surface area contributed by atoms with E-state index in [1.54, 1.807) is 0 Å². The number of benzene rings is 7. The van der Waals surface area contributed by atoms with Gasteiger partial charge in [0.1, 0.15) is 0 Å². The van der Waals surface area contributed by atoms with Gasteiger partial charge in [0, 0.05) is 28.3 Å². The molecule has 0 N–H and O–H groups in total. The molecule has 0 aliphatic heterocycles. The van der Waals surface area contributed by atoms with Crippen molar-refractivity contribution < 1.29 is 0 Å². The fraction of sp³-hybridized carbons (Fsp3) is 0.0370. The Balaban J connectivity index is 1.24. The average molecular weight is 743 g/mol. The van der Waals surface area contributed by atoms with E-state index in [1.807, 2.05) is 54.7 Å². The third kappa shape index (κ3) is 6.82. The van der Waals surface area contributed by atoms with E-state index in [0.717, 1.165) is 57.1 Å². The topological polar surface area (TPSA) is 51.6 Å². The normalized spacial score (nSPS) is 12.4. The number of aromatic nitrogens is 4. The number of rotatable bonds is 8. The zero-order chi connectivity index (χ0) is 38.7. The SMILES string of the molecule is C1=CC(c2c(-c3ccccc3)c(-c3ccccc3)cc(-c3cccc(-c4nc(-c5ccccc5)nc(-c5ccc6ncccc6c5)n4)c3)c2-c2ccccc2)=CCC1. The molecule has 4 nitrogen and oxygen atoms in total. The van der Waals surface area contributed by atoms with Crippen LogP contribution in [0.1, 0.15) is 18.4 Å². The van der Waals surface area contributed by atoms with Gasteiger partial charge in [0.25, 0.3) is 0 Å². The summed E-state index contributed by atoms with van der Waals surface area (Å²) in [5.41, 5.74) is 15.5. The molecular weight excluding hydrogens is 705 g/mol.